The molecule has 1 fully saturated rings. The highest BCUT2D eigenvalue weighted by Gasteiger charge is 2.30. The predicted octanol–water partition coefficient (Wildman–Crippen LogP) is 4.75. The van der Waals surface area contributed by atoms with Crippen molar-refractivity contribution < 1.29 is 31.1 Å². The fraction of sp³-hybridized carbons (Fsp3) is 0.286. The lowest BCUT2D eigenvalue weighted by Crippen LogP contribution is -2.32. The summed E-state index contributed by atoms with van der Waals surface area (Å²) in [6.45, 7) is 0.678. The van der Waals surface area contributed by atoms with Crippen molar-refractivity contribution in [3.63, 3.8) is 0 Å². The zero-order chi connectivity index (χ0) is 27.4. The van der Waals surface area contributed by atoms with Gasteiger partial charge in [0.05, 0.1) is 55.2 Å². The molecule has 1 aliphatic rings. The molecule has 5 rings (SSSR count). The fourth-order valence-electron chi connectivity index (χ4n) is 4.63. The van der Waals surface area contributed by atoms with Crippen LogP contribution in [-0.2, 0) is 40.0 Å². The quantitative estimate of drug-likeness (QED) is 0.280. The molecule has 1 aliphatic heterocycles. The van der Waals surface area contributed by atoms with Crippen LogP contribution in [0.4, 0.5) is 8.78 Å². The van der Waals surface area contributed by atoms with Gasteiger partial charge in [-0.1, -0.05) is 30.3 Å². The Labute approximate surface area is 224 Å². The summed E-state index contributed by atoms with van der Waals surface area (Å²) in [7, 11) is -4.08. The number of benzene rings is 2. The van der Waals surface area contributed by atoms with Crippen LogP contribution in [0.1, 0.15) is 40.2 Å². The smallest absolute Gasteiger partial charge is 0.257 e. The Morgan fingerprint density at radius 3 is 2.49 bits per heavy atom. The lowest BCUT2D eigenvalue weighted by molar-refractivity contribution is 0.0701. The number of rotatable bonds is 10. The van der Waals surface area contributed by atoms with E-state index in [1.807, 2.05) is 0 Å². The van der Waals surface area contributed by atoms with Gasteiger partial charge in [0.2, 0.25) is 15.0 Å². The van der Waals surface area contributed by atoms with Gasteiger partial charge in [-0.05, 0) is 43.2 Å². The van der Waals surface area contributed by atoms with Gasteiger partial charge in [-0.3, -0.25) is 4.79 Å². The Morgan fingerprint density at radius 1 is 1.03 bits per heavy atom. The third-order valence-electron chi connectivity index (χ3n) is 6.56. The summed E-state index contributed by atoms with van der Waals surface area (Å²) in [5.41, 5.74) is 0.315. The van der Waals surface area contributed by atoms with Crippen LogP contribution in [0.5, 0.6) is 0 Å². The Hall–Kier alpha value is -3.83. The minimum absolute atomic E-state index is 0.0165. The first-order valence-electron chi connectivity index (χ1n) is 12.5. The lowest BCUT2D eigenvalue weighted by Gasteiger charge is -2.24. The number of hydrogen-bond donors (Lipinski definition) is 0. The third kappa shape index (κ3) is 6.10. The molecule has 1 amide bonds. The molecule has 3 heterocycles. The number of amides is 1. The SMILES string of the molecule is O=C(c1ccccc1F)N(Cc1ccco1)Cc1cnc(S(=O)(=O)Cc2ccccc2F)n1CC1CCCO1. The highest BCUT2D eigenvalue weighted by atomic mass is 32.2. The van der Waals surface area contributed by atoms with Gasteiger partial charge in [-0.15, -0.1) is 0 Å². The third-order valence-corrected chi connectivity index (χ3v) is 8.14. The zero-order valence-corrected chi connectivity index (χ0v) is 21.8. The first kappa shape index (κ1) is 26.8. The van der Waals surface area contributed by atoms with Crippen LogP contribution in [0, 0.1) is 11.6 Å². The minimum atomic E-state index is -4.08. The number of carbonyl (C=O) groups is 1. The van der Waals surface area contributed by atoms with E-state index in [0.717, 1.165) is 12.8 Å². The molecular weight excluding hydrogens is 528 g/mol. The number of ether oxygens (including phenoxy) is 1. The summed E-state index contributed by atoms with van der Waals surface area (Å²) in [6, 6.07) is 14.7. The molecule has 8 nitrogen and oxygen atoms in total. The van der Waals surface area contributed by atoms with Crippen molar-refractivity contribution >= 4 is 15.7 Å². The van der Waals surface area contributed by atoms with Crippen LogP contribution in [0.2, 0.25) is 0 Å². The van der Waals surface area contributed by atoms with Crippen molar-refractivity contribution in [2.75, 3.05) is 6.61 Å². The second-order valence-corrected chi connectivity index (χ2v) is 11.2. The molecule has 1 saturated heterocycles. The maximum absolute atomic E-state index is 14.6. The molecule has 2 aromatic heterocycles. The van der Waals surface area contributed by atoms with E-state index < -0.39 is 33.1 Å². The van der Waals surface area contributed by atoms with E-state index in [1.165, 1.54) is 58.3 Å². The van der Waals surface area contributed by atoms with Crippen LogP contribution in [0.15, 0.2) is 82.7 Å². The summed E-state index contributed by atoms with van der Waals surface area (Å²) >= 11 is 0. The first-order valence-corrected chi connectivity index (χ1v) is 14.2. The average molecular weight is 556 g/mol. The Morgan fingerprint density at radius 2 is 1.79 bits per heavy atom. The molecule has 1 unspecified atom stereocenters. The number of aromatic nitrogens is 2. The van der Waals surface area contributed by atoms with E-state index in [1.54, 1.807) is 24.3 Å². The van der Waals surface area contributed by atoms with Gasteiger partial charge in [0, 0.05) is 12.2 Å². The van der Waals surface area contributed by atoms with Gasteiger partial charge in [0.1, 0.15) is 17.4 Å². The highest BCUT2D eigenvalue weighted by Crippen LogP contribution is 2.24. The van der Waals surface area contributed by atoms with Crippen molar-refractivity contribution in [1.29, 1.82) is 0 Å². The molecule has 0 aliphatic carbocycles. The van der Waals surface area contributed by atoms with E-state index >= 15 is 0 Å². The van der Waals surface area contributed by atoms with Gasteiger partial charge in [0.15, 0.2) is 0 Å². The number of nitrogens with zero attached hydrogens (tertiary/aromatic N) is 3. The lowest BCUT2D eigenvalue weighted by atomic mass is 10.1. The molecule has 2 aromatic carbocycles. The van der Waals surface area contributed by atoms with Crippen molar-refractivity contribution in [2.24, 2.45) is 0 Å². The van der Waals surface area contributed by atoms with Crippen molar-refractivity contribution in [2.45, 2.75) is 49.5 Å². The van der Waals surface area contributed by atoms with E-state index in [4.69, 9.17) is 9.15 Å². The number of sulfone groups is 1. The van der Waals surface area contributed by atoms with Crippen LogP contribution < -0.4 is 0 Å². The van der Waals surface area contributed by atoms with Crippen LogP contribution in [0.25, 0.3) is 0 Å². The van der Waals surface area contributed by atoms with Crippen molar-refractivity contribution in [1.82, 2.24) is 14.5 Å². The van der Waals surface area contributed by atoms with E-state index in [0.29, 0.717) is 18.1 Å². The molecule has 11 heteroatoms. The van der Waals surface area contributed by atoms with Crippen molar-refractivity contribution in [3.8, 4) is 0 Å². The molecule has 39 heavy (non-hydrogen) atoms. The molecule has 0 spiro atoms. The molecule has 0 radical (unpaired) electrons. The molecule has 0 saturated carbocycles. The average Bonchev–Trinajstić information content (AvgIpc) is 3.69. The van der Waals surface area contributed by atoms with Gasteiger partial charge >= 0.3 is 0 Å². The van der Waals surface area contributed by atoms with Gasteiger partial charge < -0.3 is 18.6 Å². The molecular formula is C28H27F2N3O5S. The minimum Gasteiger partial charge on any atom is -0.467 e. The fourth-order valence-corrected chi connectivity index (χ4v) is 6.14. The van der Waals surface area contributed by atoms with E-state index in [2.05, 4.69) is 4.98 Å². The second-order valence-electron chi connectivity index (χ2n) is 9.35. The number of carbonyl (C=O) groups excluding carboxylic acids is 1. The Kier molecular flexibility index (Phi) is 7.89. The maximum Gasteiger partial charge on any atom is 0.257 e. The second kappa shape index (κ2) is 11.5. The van der Waals surface area contributed by atoms with Gasteiger partial charge in [-0.2, -0.15) is 0 Å². The molecule has 1 atom stereocenters. The molecule has 0 bridgehead atoms. The topological polar surface area (TPSA) is 94.6 Å². The number of halogens is 2. The number of furan rings is 1. The largest absolute Gasteiger partial charge is 0.467 e. The van der Waals surface area contributed by atoms with Crippen LogP contribution in [-0.4, -0.2) is 41.5 Å². The highest BCUT2D eigenvalue weighted by molar-refractivity contribution is 7.90. The normalized spacial score (nSPS) is 15.5. The van der Waals surface area contributed by atoms with Crippen LogP contribution >= 0.6 is 0 Å². The molecule has 0 N–H and O–H groups in total. The summed E-state index contributed by atoms with van der Waals surface area (Å²) in [4.78, 5) is 19.1. The van der Waals surface area contributed by atoms with Crippen molar-refractivity contribution in [3.05, 3.63) is 107 Å². The molecule has 204 valence electrons. The zero-order valence-electron chi connectivity index (χ0n) is 21.0. The maximum atomic E-state index is 14.6. The Balaban J connectivity index is 1.51. The summed E-state index contributed by atoms with van der Waals surface area (Å²) in [6.07, 6.45) is 4.17. The summed E-state index contributed by atoms with van der Waals surface area (Å²) in [5, 5.41) is -0.243. The summed E-state index contributed by atoms with van der Waals surface area (Å²) < 4.78 is 68.5. The summed E-state index contributed by atoms with van der Waals surface area (Å²) in [5.74, 6) is -2.00. The number of hydrogen-bond acceptors (Lipinski definition) is 6. The van der Waals surface area contributed by atoms with Gasteiger partial charge in [-0.25, -0.2) is 22.2 Å². The van der Waals surface area contributed by atoms with E-state index in [-0.39, 0.29) is 42.0 Å². The molecule has 4 aromatic rings. The van der Waals surface area contributed by atoms with Crippen LogP contribution in [0.3, 0.4) is 0 Å². The van der Waals surface area contributed by atoms with Gasteiger partial charge in [0.25, 0.3) is 5.91 Å². The Bertz CT molecular complexity index is 1550. The van der Waals surface area contributed by atoms with E-state index in [9.17, 15) is 22.0 Å². The first-order chi connectivity index (χ1) is 18.8. The number of imidazole rings is 1. The monoisotopic (exact) mass is 555 g/mol. The predicted molar refractivity (Wildman–Crippen MR) is 137 cm³/mol. The standard InChI is InChI=1S/C28H27F2N3O5S/c29-25-11-3-1-7-20(25)19-39(35,36)28-31-15-21(33(28)18-23-9-6-14-38-23)16-32(17-22-8-5-13-37-22)27(34)24-10-2-4-12-26(24)30/h1-5,7-8,10-13,15,23H,6,9,14,16-19H2.